The molecular formula is C16H29N6O5P. The highest BCUT2D eigenvalue weighted by Crippen LogP contribution is 2.35. The zero-order chi connectivity index (χ0) is 20.9. The molecule has 0 radical (unpaired) electrons. The summed E-state index contributed by atoms with van der Waals surface area (Å²) < 4.78 is 24.8. The lowest BCUT2D eigenvalue weighted by Gasteiger charge is -2.23. The molecule has 0 fully saturated rings. The lowest BCUT2D eigenvalue weighted by molar-refractivity contribution is -0.151. The predicted octanol–water partition coefficient (Wildman–Crippen LogP) is 0.926. The molecule has 158 valence electrons. The van der Waals surface area contributed by atoms with E-state index in [1.165, 1.54) is 6.33 Å². The van der Waals surface area contributed by atoms with Gasteiger partial charge in [-0.25, -0.2) is 20.0 Å². The first-order valence-electron chi connectivity index (χ1n) is 9.02. The van der Waals surface area contributed by atoms with E-state index in [0.717, 1.165) is 0 Å². The summed E-state index contributed by atoms with van der Waals surface area (Å²) in [6.45, 7) is 7.60. The number of rotatable bonds is 11. The first-order valence-corrected chi connectivity index (χ1v) is 10.9. The van der Waals surface area contributed by atoms with Gasteiger partial charge < -0.3 is 29.8 Å². The summed E-state index contributed by atoms with van der Waals surface area (Å²) in [4.78, 5) is 22.3. The summed E-state index contributed by atoms with van der Waals surface area (Å²) in [7, 11) is -3.73. The summed E-state index contributed by atoms with van der Waals surface area (Å²) in [6.07, 6.45) is 1.03. The molecular weight excluding hydrogens is 387 g/mol. The van der Waals surface area contributed by atoms with Crippen molar-refractivity contribution in [1.29, 1.82) is 0 Å². The van der Waals surface area contributed by atoms with Crippen molar-refractivity contribution >= 4 is 24.5 Å². The Bertz CT molecular complexity index is 816. The number of aliphatic hydroxyl groups excluding tert-OH is 1. The molecule has 0 amide bonds. The van der Waals surface area contributed by atoms with E-state index in [2.05, 4.69) is 20.0 Å². The number of ether oxygens (including phenoxy) is 2. The Hall–Kier alpha value is -1.62. The number of hydrogen-bond acceptors (Lipinski definition) is 8. The largest absolute Gasteiger partial charge is 0.382 e. The van der Waals surface area contributed by atoms with Crippen molar-refractivity contribution in [3.63, 3.8) is 0 Å². The molecule has 2 unspecified atom stereocenters. The first-order chi connectivity index (χ1) is 13.1. The number of fused-ring (bicyclic) bond motifs is 1. The number of aromatic nitrogens is 4. The van der Waals surface area contributed by atoms with Crippen LogP contribution < -0.4 is 10.8 Å². The molecule has 0 aliphatic heterocycles. The summed E-state index contributed by atoms with van der Waals surface area (Å²) in [5.41, 5.74) is 6.83. The van der Waals surface area contributed by atoms with Crippen LogP contribution >= 0.6 is 7.52 Å². The standard InChI is InChI=1S/C16H29N6O5P/c1-10(2)27-16(23)11(3)5-21-28(24,25)9-26-12(4)6-22-8-20-13-14(17)18-7-19-15(13)22/h7-8,10-12,16,23H,5-6,9H2,1-4H3,(H2,17,18,19)(H2,21,24,25)/t11-,12+,16?/m0/s1. The highest BCUT2D eigenvalue weighted by molar-refractivity contribution is 7.55. The zero-order valence-corrected chi connectivity index (χ0v) is 17.4. The molecule has 12 heteroatoms. The maximum atomic E-state index is 12.3. The summed E-state index contributed by atoms with van der Waals surface area (Å²) in [5, 5.41) is 12.4. The van der Waals surface area contributed by atoms with Gasteiger partial charge in [-0.3, -0.25) is 4.57 Å². The summed E-state index contributed by atoms with van der Waals surface area (Å²) in [5.74, 6) is -0.0677. The maximum absolute atomic E-state index is 12.3. The van der Waals surface area contributed by atoms with Crippen molar-refractivity contribution in [2.24, 2.45) is 5.92 Å². The number of hydrogen-bond donors (Lipinski definition) is 4. The summed E-state index contributed by atoms with van der Waals surface area (Å²) in [6, 6.07) is 0. The van der Waals surface area contributed by atoms with E-state index in [9.17, 15) is 14.6 Å². The van der Waals surface area contributed by atoms with Gasteiger partial charge in [-0.15, -0.1) is 0 Å². The van der Waals surface area contributed by atoms with Gasteiger partial charge in [0.2, 0.25) is 0 Å². The quantitative estimate of drug-likeness (QED) is 0.307. The van der Waals surface area contributed by atoms with E-state index in [1.807, 2.05) is 0 Å². The van der Waals surface area contributed by atoms with Crippen LogP contribution in [-0.4, -0.2) is 60.9 Å². The van der Waals surface area contributed by atoms with E-state index in [4.69, 9.17) is 15.2 Å². The van der Waals surface area contributed by atoms with E-state index in [1.54, 1.807) is 38.6 Å². The number of aliphatic hydroxyl groups is 1. The third kappa shape index (κ3) is 6.47. The molecule has 0 spiro atoms. The fourth-order valence-corrected chi connectivity index (χ4v) is 3.56. The normalized spacial score (nSPS) is 17.5. The second kappa shape index (κ2) is 9.73. The van der Waals surface area contributed by atoms with Crippen molar-refractivity contribution < 1.29 is 24.0 Å². The number of imidazole rings is 1. The van der Waals surface area contributed by atoms with Gasteiger partial charge >= 0.3 is 0 Å². The molecule has 2 aromatic heterocycles. The number of nitrogen functional groups attached to an aromatic ring is 1. The van der Waals surface area contributed by atoms with Crippen molar-refractivity contribution in [3.8, 4) is 0 Å². The molecule has 0 bridgehead atoms. The number of nitrogens with one attached hydrogen (secondary N) is 1. The number of nitrogens with two attached hydrogens (primary N) is 1. The minimum Gasteiger partial charge on any atom is -0.382 e. The molecule has 0 aromatic carbocycles. The van der Waals surface area contributed by atoms with Crippen molar-refractivity contribution in [2.75, 3.05) is 18.6 Å². The Morgan fingerprint density at radius 2 is 2.00 bits per heavy atom. The van der Waals surface area contributed by atoms with E-state index < -0.39 is 13.8 Å². The van der Waals surface area contributed by atoms with Crippen molar-refractivity contribution in [1.82, 2.24) is 24.6 Å². The third-order valence-electron chi connectivity index (χ3n) is 3.98. The Kier molecular flexibility index (Phi) is 7.87. The minimum atomic E-state index is -3.73. The van der Waals surface area contributed by atoms with Crippen LogP contribution in [0.4, 0.5) is 5.82 Å². The minimum absolute atomic E-state index is 0.113. The molecule has 2 heterocycles. The highest BCUT2D eigenvalue weighted by atomic mass is 31.2. The fraction of sp³-hybridized carbons (Fsp3) is 0.688. The van der Waals surface area contributed by atoms with Gasteiger partial charge in [-0.2, -0.15) is 0 Å². The lowest BCUT2D eigenvalue weighted by Crippen LogP contribution is -2.32. The topological polar surface area (TPSA) is 158 Å². The van der Waals surface area contributed by atoms with Crippen LogP contribution in [0.1, 0.15) is 27.7 Å². The third-order valence-corrected chi connectivity index (χ3v) is 5.15. The molecule has 0 saturated carbocycles. The second-order valence-electron chi connectivity index (χ2n) is 7.05. The Balaban J connectivity index is 1.83. The van der Waals surface area contributed by atoms with Crippen molar-refractivity contribution in [3.05, 3.63) is 12.7 Å². The Morgan fingerprint density at radius 3 is 2.68 bits per heavy atom. The molecule has 4 atom stereocenters. The van der Waals surface area contributed by atoms with E-state index in [0.29, 0.717) is 23.5 Å². The number of nitrogens with zero attached hydrogens (tertiary/aromatic N) is 4. The monoisotopic (exact) mass is 416 g/mol. The fourth-order valence-electron chi connectivity index (χ4n) is 2.44. The second-order valence-corrected chi connectivity index (χ2v) is 9.03. The van der Waals surface area contributed by atoms with Gasteiger partial charge in [0.05, 0.1) is 25.1 Å². The van der Waals surface area contributed by atoms with Crippen LogP contribution in [0.2, 0.25) is 0 Å². The van der Waals surface area contributed by atoms with Crippen molar-refractivity contribution in [2.45, 2.75) is 52.7 Å². The van der Waals surface area contributed by atoms with Crippen LogP contribution in [0.15, 0.2) is 12.7 Å². The highest BCUT2D eigenvalue weighted by Gasteiger charge is 2.24. The predicted molar refractivity (Wildman–Crippen MR) is 104 cm³/mol. The van der Waals surface area contributed by atoms with Gasteiger partial charge in [0.1, 0.15) is 18.2 Å². The van der Waals surface area contributed by atoms with Gasteiger partial charge in [-0.1, -0.05) is 6.92 Å². The van der Waals surface area contributed by atoms with Crippen LogP contribution in [-0.2, 0) is 20.6 Å². The van der Waals surface area contributed by atoms with Crippen LogP contribution in [0.3, 0.4) is 0 Å². The van der Waals surface area contributed by atoms with Gasteiger partial charge in [0.15, 0.2) is 17.8 Å². The van der Waals surface area contributed by atoms with Gasteiger partial charge in [-0.05, 0) is 20.8 Å². The van der Waals surface area contributed by atoms with E-state index in [-0.39, 0.29) is 31.0 Å². The van der Waals surface area contributed by atoms with Gasteiger partial charge in [0.25, 0.3) is 7.52 Å². The van der Waals surface area contributed by atoms with Crippen LogP contribution in [0, 0.1) is 5.92 Å². The molecule has 2 rings (SSSR count). The average molecular weight is 416 g/mol. The molecule has 0 aliphatic carbocycles. The molecule has 0 saturated heterocycles. The number of anilines is 1. The summed E-state index contributed by atoms with van der Waals surface area (Å²) >= 11 is 0. The molecule has 2 aromatic rings. The molecule has 28 heavy (non-hydrogen) atoms. The van der Waals surface area contributed by atoms with Crippen LogP contribution in [0.5, 0.6) is 0 Å². The van der Waals surface area contributed by atoms with Crippen LogP contribution in [0.25, 0.3) is 11.2 Å². The zero-order valence-electron chi connectivity index (χ0n) is 16.5. The van der Waals surface area contributed by atoms with Gasteiger partial charge in [0, 0.05) is 12.5 Å². The Labute approximate surface area is 163 Å². The maximum Gasteiger partial charge on any atom is 0.292 e. The van der Waals surface area contributed by atoms with E-state index >= 15 is 0 Å². The molecule has 5 N–H and O–H groups in total. The Morgan fingerprint density at radius 1 is 1.29 bits per heavy atom. The smallest absolute Gasteiger partial charge is 0.292 e. The first kappa shape index (κ1) is 22.7. The SMILES string of the molecule is CC(C)OC(O)[C@@H](C)CNP(=O)(O)CO[C@H](C)Cn1cnc2c(N)ncnc21. The average Bonchev–Trinajstić information content (AvgIpc) is 3.02. The molecule has 0 aliphatic rings. The molecule has 11 nitrogen and oxygen atoms in total. The lowest BCUT2D eigenvalue weighted by atomic mass is 10.2.